The number of para-hydroxylation sites is 1. The highest BCUT2D eigenvalue weighted by Crippen LogP contribution is 2.37. The lowest BCUT2D eigenvalue weighted by Gasteiger charge is -2.28. The van der Waals surface area contributed by atoms with Crippen LogP contribution in [0, 0.1) is 5.41 Å². The van der Waals surface area contributed by atoms with Crippen molar-refractivity contribution in [1.29, 1.82) is 0 Å². The summed E-state index contributed by atoms with van der Waals surface area (Å²) in [7, 11) is 0. The van der Waals surface area contributed by atoms with Crippen LogP contribution in [-0.2, 0) is 9.59 Å². The van der Waals surface area contributed by atoms with E-state index in [1.165, 1.54) is 4.90 Å². The number of hydrogen-bond donors (Lipinski definition) is 2. The molecule has 0 bridgehead atoms. The smallest absolute Gasteiger partial charge is 0.299 e. The first kappa shape index (κ1) is 14.7. The van der Waals surface area contributed by atoms with Gasteiger partial charge in [0.2, 0.25) is 5.91 Å². The number of carbonyl (C=O) groups excluding carboxylic acids is 3. The summed E-state index contributed by atoms with van der Waals surface area (Å²) in [5.41, 5.74) is 2.00. The predicted molar refractivity (Wildman–Crippen MR) is 76.9 cm³/mol. The number of halogens is 1. The van der Waals surface area contributed by atoms with Crippen molar-refractivity contribution in [1.82, 2.24) is 5.43 Å². The lowest BCUT2D eigenvalue weighted by atomic mass is 9.91. The lowest BCUT2D eigenvalue weighted by molar-refractivity contribution is -0.129. The fraction of sp³-hybridized carbons (Fsp3) is 0.308. The Morgan fingerprint density at radius 3 is 2.65 bits per heavy atom. The van der Waals surface area contributed by atoms with Gasteiger partial charge in [-0.15, -0.1) is 0 Å². The monoisotopic (exact) mass is 339 g/mol. The maximum Gasteiger partial charge on any atom is 0.299 e. The number of benzene rings is 1. The second-order valence-corrected chi connectivity index (χ2v) is 6.07. The van der Waals surface area contributed by atoms with Gasteiger partial charge in [0.15, 0.2) is 0 Å². The molecular formula is C13H14BrN3O3. The third kappa shape index (κ3) is 2.23. The van der Waals surface area contributed by atoms with Crippen molar-refractivity contribution < 1.29 is 14.4 Å². The van der Waals surface area contributed by atoms with Crippen molar-refractivity contribution in [3.63, 3.8) is 0 Å². The Hall–Kier alpha value is -1.73. The molecule has 0 saturated heterocycles. The summed E-state index contributed by atoms with van der Waals surface area (Å²) < 4.78 is 0.637. The molecule has 106 valence electrons. The number of nitrogens with zero attached hydrogens (tertiary/aromatic N) is 1. The van der Waals surface area contributed by atoms with Gasteiger partial charge in [0, 0.05) is 11.0 Å². The van der Waals surface area contributed by atoms with E-state index in [1.807, 2.05) is 0 Å². The van der Waals surface area contributed by atoms with Gasteiger partial charge in [0.25, 0.3) is 11.7 Å². The van der Waals surface area contributed by atoms with E-state index in [-0.39, 0.29) is 6.54 Å². The molecule has 7 heteroatoms. The number of amides is 2. The molecule has 0 fully saturated rings. The summed E-state index contributed by atoms with van der Waals surface area (Å²) >= 11 is 3.33. The number of fused-ring (bicyclic) bond motifs is 1. The average molecular weight is 340 g/mol. The van der Waals surface area contributed by atoms with E-state index in [0.717, 1.165) is 0 Å². The molecule has 0 radical (unpaired) electrons. The molecule has 1 heterocycles. The number of Topliss-reactive ketones (excluding diaryl/α,β-unsaturated/α-hetero) is 1. The van der Waals surface area contributed by atoms with E-state index in [1.54, 1.807) is 32.0 Å². The molecule has 0 spiro atoms. The molecule has 1 aliphatic heterocycles. The van der Waals surface area contributed by atoms with Crippen LogP contribution >= 0.6 is 15.9 Å². The van der Waals surface area contributed by atoms with Crippen molar-refractivity contribution in [2.24, 2.45) is 11.3 Å². The second kappa shape index (κ2) is 4.99. The number of rotatable bonds is 3. The highest BCUT2D eigenvalue weighted by Gasteiger charge is 2.41. The Morgan fingerprint density at radius 2 is 2.05 bits per heavy atom. The number of ketones is 1. The number of carbonyl (C=O) groups is 3. The lowest BCUT2D eigenvalue weighted by Crippen LogP contribution is -2.48. The number of hydrogen-bond acceptors (Lipinski definition) is 4. The maximum absolute atomic E-state index is 12.1. The Morgan fingerprint density at radius 1 is 1.40 bits per heavy atom. The van der Waals surface area contributed by atoms with Gasteiger partial charge in [-0.1, -0.05) is 6.07 Å². The van der Waals surface area contributed by atoms with Crippen molar-refractivity contribution in [3.05, 3.63) is 28.2 Å². The zero-order valence-electron chi connectivity index (χ0n) is 11.1. The molecule has 1 aliphatic rings. The zero-order chi connectivity index (χ0) is 15.1. The number of hydrazine groups is 1. The van der Waals surface area contributed by atoms with Crippen LogP contribution in [0.15, 0.2) is 22.7 Å². The minimum absolute atomic E-state index is 0.0657. The second-order valence-electron chi connectivity index (χ2n) is 5.21. The van der Waals surface area contributed by atoms with E-state index in [0.29, 0.717) is 15.7 Å². The molecule has 3 N–H and O–H groups in total. The molecule has 0 aromatic heterocycles. The van der Waals surface area contributed by atoms with E-state index >= 15 is 0 Å². The van der Waals surface area contributed by atoms with Gasteiger partial charge < -0.3 is 4.90 Å². The van der Waals surface area contributed by atoms with E-state index in [2.05, 4.69) is 21.4 Å². The maximum atomic E-state index is 12.1. The van der Waals surface area contributed by atoms with Gasteiger partial charge in [0.05, 0.1) is 16.7 Å². The molecule has 1 aromatic carbocycles. The number of nitrogens with two attached hydrogens (primary N) is 1. The number of nitrogens with one attached hydrogen (secondary N) is 1. The van der Waals surface area contributed by atoms with Crippen LogP contribution in [0.5, 0.6) is 0 Å². The third-order valence-corrected chi connectivity index (χ3v) is 3.88. The molecular weight excluding hydrogens is 326 g/mol. The molecule has 20 heavy (non-hydrogen) atoms. The summed E-state index contributed by atoms with van der Waals surface area (Å²) in [6, 6.07) is 5.03. The zero-order valence-corrected chi connectivity index (χ0v) is 12.7. The van der Waals surface area contributed by atoms with Crippen LogP contribution in [0.1, 0.15) is 24.2 Å². The Bertz CT molecular complexity index is 613. The fourth-order valence-electron chi connectivity index (χ4n) is 2.13. The highest BCUT2D eigenvalue weighted by molar-refractivity contribution is 9.10. The molecule has 0 unspecified atom stereocenters. The van der Waals surface area contributed by atoms with Crippen molar-refractivity contribution >= 4 is 39.2 Å². The summed E-state index contributed by atoms with van der Waals surface area (Å²) in [5, 5.41) is 0. The van der Waals surface area contributed by atoms with Gasteiger partial charge in [-0.3, -0.25) is 19.8 Å². The summed E-state index contributed by atoms with van der Waals surface area (Å²) in [6.45, 7) is 3.37. The summed E-state index contributed by atoms with van der Waals surface area (Å²) in [4.78, 5) is 37.1. The van der Waals surface area contributed by atoms with Crippen LogP contribution in [0.3, 0.4) is 0 Å². The van der Waals surface area contributed by atoms with Crippen LogP contribution in [0.25, 0.3) is 0 Å². The van der Waals surface area contributed by atoms with Gasteiger partial charge in [0.1, 0.15) is 0 Å². The number of anilines is 1. The standard InChI is InChI=1S/C13H14BrN3O3/c1-13(2,12(20)16-15)6-17-9-7(10(18)11(17)19)4-3-5-8(9)14/h3-5H,6,15H2,1-2H3,(H,16,20). The average Bonchev–Trinajstić information content (AvgIpc) is 2.64. The Balaban J connectivity index is 2.43. The van der Waals surface area contributed by atoms with Crippen molar-refractivity contribution in [2.75, 3.05) is 11.4 Å². The molecule has 0 saturated carbocycles. The molecule has 1 aromatic rings. The van der Waals surface area contributed by atoms with Crippen LogP contribution in [0.2, 0.25) is 0 Å². The molecule has 2 amide bonds. The predicted octanol–water partition coefficient (Wildman–Crippen LogP) is 0.994. The van der Waals surface area contributed by atoms with Crippen molar-refractivity contribution in [3.8, 4) is 0 Å². The fourth-order valence-corrected chi connectivity index (χ4v) is 2.71. The van der Waals surface area contributed by atoms with E-state index in [9.17, 15) is 14.4 Å². The molecule has 0 atom stereocenters. The third-order valence-electron chi connectivity index (χ3n) is 3.24. The Labute approximate surface area is 124 Å². The molecule has 6 nitrogen and oxygen atoms in total. The quantitative estimate of drug-likeness (QED) is 0.372. The molecule has 2 rings (SSSR count). The normalized spacial score (nSPS) is 14.5. The first-order valence-electron chi connectivity index (χ1n) is 5.95. The largest absolute Gasteiger partial charge is 0.303 e. The minimum atomic E-state index is -0.915. The first-order valence-corrected chi connectivity index (χ1v) is 6.74. The Kier molecular flexibility index (Phi) is 3.66. The SMILES string of the molecule is CC(C)(CN1C(=O)C(=O)c2cccc(Br)c21)C(=O)NN. The van der Waals surface area contributed by atoms with Gasteiger partial charge in [-0.05, 0) is 41.9 Å². The van der Waals surface area contributed by atoms with Crippen LogP contribution < -0.4 is 16.2 Å². The van der Waals surface area contributed by atoms with E-state index < -0.39 is 23.0 Å². The summed E-state index contributed by atoms with van der Waals surface area (Å²) in [5.74, 6) is 3.54. The topological polar surface area (TPSA) is 92.5 Å². The van der Waals surface area contributed by atoms with Crippen molar-refractivity contribution in [2.45, 2.75) is 13.8 Å². The van der Waals surface area contributed by atoms with Crippen LogP contribution in [-0.4, -0.2) is 24.1 Å². The minimum Gasteiger partial charge on any atom is -0.303 e. The van der Waals surface area contributed by atoms with Crippen LogP contribution in [0.4, 0.5) is 5.69 Å². The van der Waals surface area contributed by atoms with Gasteiger partial charge >= 0.3 is 0 Å². The molecule has 0 aliphatic carbocycles. The van der Waals surface area contributed by atoms with Gasteiger partial charge in [-0.25, -0.2) is 5.84 Å². The highest BCUT2D eigenvalue weighted by atomic mass is 79.9. The van der Waals surface area contributed by atoms with E-state index in [4.69, 9.17) is 5.84 Å². The van der Waals surface area contributed by atoms with Gasteiger partial charge in [-0.2, -0.15) is 0 Å². The first-order chi connectivity index (χ1) is 9.29. The summed E-state index contributed by atoms with van der Waals surface area (Å²) in [6.07, 6.45) is 0.